The molecular weight excluding hydrogens is 640 g/mol. The molecule has 0 saturated carbocycles. The molecule has 1 aliphatic rings. The highest BCUT2D eigenvalue weighted by Gasteiger charge is 2.18. The molecule has 4 aromatic rings. The normalized spacial score (nSPS) is 14.9. The Bertz CT molecular complexity index is 1510. The Balaban J connectivity index is 1.45. The maximum Gasteiger partial charge on any atom is 0.335 e. The summed E-state index contributed by atoms with van der Waals surface area (Å²) in [5.74, 6) is -3.98. The second-order valence-corrected chi connectivity index (χ2v) is 12.1. The SMILES string of the molecule is O=C(O)c1ccc(N2CCCN(c3ccc(C(=O)O)cc3)CCN(c3ccc(C(=O)O)cc3)CCCN(c3ccc(C(=O)O)cc3)CC2)cc1. The molecule has 260 valence electrons. The van der Waals surface area contributed by atoms with Gasteiger partial charge in [0.15, 0.2) is 0 Å². The van der Waals surface area contributed by atoms with Crippen molar-refractivity contribution in [2.45, 2.75) is 12.8 Å². The lowest BCUT2D eigenvalue weighted by Gasteiger charge is -2.35. The molecular formula is C38H40N4O8. The van der Waals surface area contributed by atoms with Crippen LogP contribution in [0.2, 0.25) is 0 Å². The maximum absolute atomic E-state index is 11.5. The Morgan fingerprint density at radius 3 is 0.660 bits per heavy atom. The number of carbonyl (C=O) groups is 4. The van der Waals surface area contributed by atoms with Gasteiger partial charge in [-0.05, 0) is 110 Å². The van der Waals surface area contributed by atoms with Crippen LogP contribution in [0.5, 0.6) is 0 Å². The van der Waals surface area contributed by atoms with Crippen LogP contribution in [0.4, 0.5) is 22.7 Å². The third-order valence-corrected chi connectivity index (χ3v) is 8.91. The molecule has 0 radical (unpaired) electrons. The van der Waals surface area contributed by atoms with Gasteiger partial charge in [-0.25, -0.2) is 19.2 Å². The number of hydrogen-bond donors (Lipinski definition) is 4. The van der Waals surface area contributed by atoms with E-state index in [1.54, 1.807) is 48.5 Å². The Morgan fingerprint density at radius 2 is 0.500 bits per heavy atom. The monoisotopic (exact) mass is 680 g/mol. The van der Waals surface area contributed by atoms with Crippen molar-refractivity contribution in [1.82, 2.24) is 0 Å². The van der Waals surface area contributed by atoms with Gasteiger partial charge in [0.2, 0.25) is 0 Å². The molecule has 1 fully saturated rings. The standard InChI is InChI=1S/C38H40N4O8/c43-35(44)27-3-11-31(12-4-27)39-19-1-20-40(32-13-5-28(6-14-32)36(45)46)24-26-42(34-17-9-30(10-18-34)38(49)50)22-2-21-41(25-23-39)33-15-7-29(8-16-33)37(47)48/h3-18H,1-2,19-26H2,(H,43,44)(H,45,46)(H,47,48)(H,49,50). The minimum absolute atomic E-state index is 0.203. The summed E-state index contributed by atoms with van der Waals surface area (Å²) in [4.78, 5) is 55.0. The van der Waals surface area contributed by atoms with E-state index in [1.807, 2.05) is 48.5 Å². The summed E-state index contributed by atoms with van der Waals surface area (Å²) >= 11 is 0. The average molecular weight is 681 g/mol. The fourth-order valence-electron chi connectivity index (χ4n) is 6.13. The van der Waals surface area contributed by atoms with Crippen molar-refractivity contribution in [3.05, 3.63) is 119 Å². The third-order valence-electron chi connectivity index (χ3n) is 8.91. The summed E-state index contributed by atoms with van der Waals surface area (Å²) in [7, 11) is 0. The van der Waals surface area contributed by atoms with Crippen LogP contribution in [0.15, 0.2) is 97.1 Å². The highest BCUT2D eigenvalue weighted by Crippen LogP contribution is 2.23. The molecule has 0 atom stereocenters. The molecule has 1 aliphatic heterocycles. The van der Waals surface area contributed by atoms with Crippen molar-refractivity contribution < 1.29 is 39.6 Å². The van der Waals surface area contributed by atoms with E-state index in [-0.39, 0.29) is 22.3 Å². The molecule has 4 aromatic carbocycles. The van der Waals surface area contributed by atoms with Crippen LogP contribution in [-0.4, -0.2) is 96.7 Å². The van der Waals surface area contributed by atoms with Gasteiger partial charge in [-0.15, -0.1) is 0 Å². The van der Waals surface area contributed by atoms with Crippen molar-refractivity contribution in [1.29, 1.82) is 0 Å². The summed E-state index contributed by atoms with van der Waals surface area (Å²) in [6.07, 6.45) is 1.48. The zero-order valence-corrected chi connectivity index (χ0v) is 27.5. The third kappa shape index (κ3) is 9.10. The summed E-state index contributed by atoms with van der Waals surface area (Å²) in [5.41, 5.74) is 4.35. The van der Waals surface area contributed by atoms with E-state index in [9.17, 15) is 39.6 Å². The maximum atomic E-state index is 11.5. The molecule has 0 spiro atoms. The van der Waals surface area contributed by atoms with Crippen molar-refractivity contribution in [2.75, 3.05) is 72.0 Å². The minimum Gasteiger partial charge on any atom is -0.478 e. The first-order valence-corrected chi connectivity index (χ1v) is 16.4. The molecule has 0 aliphatic carbocycles. The predicted molar refractivity (Wildman–Crippen MR) is 192 cm³/mol. The second-order valence-electron chi connectivity index (χ2n) is 12.1. The van der Waals surface area contributed by atoms with Gasteiger partial charge in [-0.3, -0.25) is 0 Å². The van der Waals surface area contributed by atoms with Crippen LogP contribution >= 0.6 is 0 Å². The molecule has 0 aromatic heterocycles. The van der Waals surface area contributed by atoms with Crippen LogP contribution in [0.25, 0.3) is 0 Å². The molecule has 4 N–H and O–H groups in total. The molecule has 5 rings (SSSR count). The van der Waals surface area contributed by atoms with Gasteiger partial charge in [-0.1, -0.05) is 0 Å². The van der Waals surface area contributed by atoms with Crippen LogP contribution in [-0.2, 0) is 0 Å². The van der Waals surface area contributed by atoms with E-state index < -0.39 is 23.9 Å². The van der Waals surface area contributed by atoms with Crippen LogP contribution in [0, 0.1) is 0 Å². The van der Waals surface area contributed by atoms with Crippen molar-refractivity contribution >= 4 is 46.6 Å². The summed E-state index contributed by atoms with van der Waals surface area (Å²) in [6.45, 7) is 5.07. The van der Waals surface area contributed by atoms with Crippen LogP contribution in [0.1, 0.15) is 54.3 Å². The lowest BCUT2D eigenvalue weighted by molar-refractivity contribution is 0.0686. The fourth-order valence-corrected chi connectivity index (χ4v) is 6.13. The number of carboxylic acids is 4. The van der Waals surface area contributed by atoms with E-state index in [2.05, 4.69) is 19.6 Å². The first kappa shape index (κ1) is 35.3. The van der Waals surface area contributed by atoms with Gasteiger partial charge in [0.1, 0.15) is 0 Å². The van der Waals surface area contributed by atoms with Crippen molar-refractivity contribution in [3.8, 4) is 0 Å². The number of aromatic carboxylic acids is 4. The number of benzene rings is 4. The molecule has 12 nitrogen and oxygen atoms in total. The molecule has 0 bridgehead atoms. The number of rotatable bonds is 8. The first-order chi connectivity index (χ1) is 24.1. The number of nitrogens with zero attached hydrogens (tertiary/aromatic N) is 4. The Morgan fingerprint density at radius 1 is 0.320 bits per heavy atom. The van der Waals surface area contributed by atoms with E-state index in [0.29, 0.717) is 52.4 Å². The Kier molecular flexibility index (Phi) is 11.6. The zero-order chi connectivity index (χ0) is 35.6. The topological polar surface area (TPSA) is 162 Å². The predicted octanol–water partition coefficient (Wildman–Crippen LogP) is 5.60. The van der Waals surface area contributed by atoms with E-state index in [1.165, 1.54) is 0 Å². The van der Waals surface area contributed by atoms with Crippen molar-refractivity contribution in [2.24, 2.45) is 0 Å². The lowest BCUT2D eigenvalue weighted by Crippen LogP contribution is -2.41. The quantitative estimate of drug-likeness (QED) is 0.183. The largest absolute Gasteiger partial charge is 0.478 e. The smallest absolute Gasteiger partial charge is 0.335 e. The molecule has 1 heterocycles. The van der Waals surface area contributed by atoms with E-state index in [4.69, 9.17) is 0 Å². The molecule has 0 amide bonds. The Labute approximate surface area is 290 Å². The molecule has 1 saturated heterocycles. The highest BCUT2D eigenvalue weighted by atomic mass is 16.4. The zero-order valence-electron chi connectivity index (χ0n) is 27.5. The van der Waals surface area contributed by atoms with E-state index >= 15 is 0 Å². The Hall–Kier alpha value is -6.04. The number of anilines is 4. The number of hydrogen-bond acceptors (Lipinski definition) is 8. The van der Waals surface area contributed by atoms with Crippen LogP contribution < -0.4 is 19.6 Å². The van der Waals surface area contributed by atoms with Gasteiger partial charge in [0.25, 0.3) is 0 Å². The van der Waals surface area contributed by atoms with E-state index in [0.717, 1.165) is 35.6 Å². The average Bonchev–Trinajstić information content (AvgIpc) is 3.12. The van der Waals surface area contributed by atoms with Gasteiger partial charge in [0.05, 0.1) is 22.3 Å². The minimum atomic E-state index is -0.995. The van der Waals surface area contributed by atoms with Gasteiger partial charge in [0, 0.05) is 75.1 Å². The molecule has 50 heavy (non-hydrogen) atoms. The highest BCUT2D eigenvalue weighted by molar-refractivity contribution is 5.89. The fraction of sp³-hybridized carbons (Fsp3) is 0.263. The summed E-state index contributed by atoms with van der Waals surface area (Å²) in [6, 6.07) is 27.3. The molecule has 12 heteroatoms. The second kappa shape index (κ2) is 16.4. The van der Waals surface area contributed by atoms with Crippen molar-refractivity contribution in [3.63, 3.8) is 0 Å². The van der Waals surface area contributed by atoms with Gasteiger partial charge >= 0.3 is 23.9 Å². The summed E-state index contributed by atoms with van der Waals surface area (Å²) < 4.78 is 0. The van der Waals surface area contributed by atoms with Gasteiger partial charge in [-0.2, -0.15) is 0 Å². The molecule has 0 unspecified atom stereocenters. The number of carboxylic acid groups (broad SMARTS) is 4. The van der Waals surface area contributed by atoms with Gasteiger partial charge < -0.3 is 40.0 Å². The first-order valence-electron chi connectivity index (χ1n) is 16.4. The van der Waals surface area contributed by atoms with Crippen LogP contribution in [0.3, 0.4) is 0 Å². The summed E-state index contributed by atoms with van der Waals surface area (Å²) in [5, 5.41) is 37.8. The lowest BCUT2D eigenvalue weighted by atomic mass is 10.1.